The summed E-state index contributed by atoms with van der Waals surface area (Å²) < 4.78 is 0. The highest BCUT2D eigenvalue weighted by Crippen LogP contribution is 2.39. The zero-order valence-corrected chi connectivity index (χ0v) is 14.0. The number of benzene rings is 1. The Balaban J connectivity index is 2.95. The number of hydrogen-bond acceptors (Lipinski definition) is 2. The van der Waals surface area contributed by atoms with Gasteiger partial charge in [0, 0.05) is 5.02 Å². The third-order valence-electron chi connectivity index (χ3n) is 3.02. The van der Waals surface area contributed by atoms with Crippen LogP contribution in [0.5, 0.6) is 0 Å². The molecule has 0 aliphatic carbocycles. The lowest BCUT2D eigenvalue weighted by Crippen LogP contribution is -2.46. The molecule has 0 aliphatic heterocycles. The van der Waals surface area contributed by atoms with Crippen molar-refractivity contribution in [2.75, 3.05) is 0 Å². The maximum absolute atomic E-state index is 11.0. The molecule has 0 heterocycles. The topological polar surface area (TPSA) is 63.3 Å². The minimum atomic E-state index is -1.30. The quantitative estimate of drug-likeness (QED) is 0.593. The highest BCUT2D eigenvalue weighted by Gasteiger charge is 2.30. The molecular weight excluding hydrogens is 344 g/mol. The van der Waals surface area contributed by atoms with Crippen LogP contribution in [-0.2, 0) is 11.2 Å². The average molecular weight is 359 g/mol. The molecule has 112 valence electrons. The fraction of sp³-hybridized carbons (Fsp3) is 0.462. The molecule has 20 heavy (non-hydrogen) atoms. The van der Waals surface area contributed by atoms with Gasteiger partial charge in [0.1, 0.15) is 5.54 Å². The van der Waals surface area contributed by atoms with E-state index in [9.17, 15) is 4.79 Å². The van der Waals surface area contributed by atoms with E-state index in [1.807, 2.05) is 6.92 Å². The van der Waals surface area contributed by atoms with Crippen LogP contribution in [0, 0.1) is 5.92 Å². The summed E-state index contributed by atoms with van der Waals surface area (Å²) in [5.74, 6) is -1.08. The van der Waals surface area contributed by atoms with Crippen molar-refractivity contribution in [2.24, 2.45) is 11.7 Å². The number of carboxylic acids is 1. The summed E-state index contributed by atoms with van der Waals surface area (Å²) in [6, 6.07) is 1.53. The molecule has 0 saturated heterocycles. The van der Waals surface area contributed by atoms with Gasteiger partial charge in [0.05, 0.1) is 15.1 Å². The molecule has 0 fully saturated rings. The van der Waals surface area contributed by atoms with Crippen molar-refractivity contribution in [3.8, 4) is 0 Å². The van der Waals surface area contributed by atoms with Gasteiger partial charge < -0.3 is 10.8 Å². The molecule has 3 N–H and O–H groups in total. The Bertz CT molecular complexity index is 532. The van der Waals surface area contributed by atoms with Crippen LogP contribution in [0.2, 0.25) is 20.1 Å². The predicted molar refractivity (Wildman–Crippen MR) is 84.2 cm³/mol. The first-order valence-corrected chi connectivity index (χ1v) is 7.41. The number of rotatable bonds is 5. The highest BCUT2D eigenvalue weighted by atomic mass is 35.5. The molecule has 3 nitrogen and oxygen atoms in total. The summed E-state index contributed by atoms with van der Waals surface area (Å²) in [5.41, 5.74) is 5.08. The molecular formula is C13H15Cl4NO2. The van der Waals surface area contributed by atoms with E-state index < -0.39 is 11.5 Å². The first kappa shape index (κ1) is 17.9. The molecule has 0 spiro atoms. The van der Waals surface area contributed by atoms with Crippen molar-refractivity contribution >= 4 is 52.4 Å². The molecule has 2 atom stereocenters. The lowest BCUT2D eigenvalue weighted by molar-refractivity contribution is -0.143. The number of carboxylic acid groups (broad SMARTS) is 1. The van der Waals surface area contributed by atoms with Crippen molar-refractivity contribution in [1.82, 2.24) is 0 Å². The van der Waals surface area contributed by atoms with Crippen LogP contribution in [0.3, 0.4) is 0 Å². The number of nitrogens with two attached hydrogens (primary N) is 1. The Morgan fingerprint density at radius 2 is 1.85 bits per heavy atom. The smallest absolute Gasteiger partial charge is 0.323 e. The number of carbonyl (C=O) groups is 1. The second-order valence-corrected chi connectivity index (χ2v) is 6.75. The lowest BCUT2D eigenvalue weighted by Gasteiger charge is -2.24. The van der Waals surface area contributed by atoms with E-state index in [4.69, 9.17) is 57.2 Å². The molecule has 0 amide bonds. The largest absolute Gasteiger partial charge is 0.480 e. The summed E-state index contributed by atoms with van der Waals surface area (Å²) in [7, 11) is 0. The van der Waals surface area contributed by atoms with Gasteiger partial charge in [0.15, 0.2) is 0 Å². The van der Waals surface area contributed by atoms with Crippen LogP contribution in [0.25, 0.3) is 0 Å². The summed E-state index contributed by atoms with van der Waals surface area (Å²) >= 11 is 24.1. The van der Waals surface area contributed by atoms with E-state index in [0.29, 0.717) is 22.0 Å². The van der Waals surface area contributed by atoms with Crippen LogP contribution in [-0.4, -0.2) is 16.6 Å². The van der Waals surface area contributed by atoms with E-state index >= 15 is 0 Å². The first-order chi connectivity index (χ1) is 9.06. The second-order valence-electron chi connectivity index (χ2n) is 5.18. The lowest BCUT2D eigenvalue weighted by atomic mass is 9.87. The van der Waals surface area contributed by atoms with Gasteiger partial charge in [-0.3, -0.25) is 4.79 Å². The fourth-order valence-corrected chi connectivity index (χ4v) is 3.11. The van der Waals surface area contributed by atoms with Gasteiger partial charge >= 0.3 is 5.97 Å². The zero-order valence-electron chi connectivity index (χ0n) is 11.0. The van der Waals surface area contributed by atoms with Crippen LogP contribution < -0.4 is 5.73 Å². The average Bonchev–Trinajstić information content (AvgIpc) is 2.31. The van der Waals surface area contributed by atoms with Crippen molar-refractivity contribution in [3.63, 3.8) is 0 Å². The summed E-state index contributed by atoms with van der Waals surface area (Å²) in [5, 5.41) is 10.3. The molecule has 1 aromatic carbocycles. The van der Waals surface area contributed by atoms with E-state index in [0.717, 1.165) is 0 Å². The molecule has 0 bridgehead atoms. The maximum atomic E-state index is 11.0. The Morgan fingerprint density at radius 3 is 2.35 bits per heavy atom. The summed E-state index contributed by atoms with van der Waals surface area (Å²) in [4.78, 5) is 11.0. The van der Waals surface area contributed by atoms with Gasteiger partial charge in [-0.05, 0) is 37.3 Å². The summed E-state index contributed by atoms with van der Waals surface area (Å²) in [6.45, 7) is 3.35. The van der Waals surface area contributed by atoms with Crippen molar-refractivity contribution in [2.45, 2.75) is 32.2 Å². The van der Waals surface area contributed by atoms with E-state index in [1.165, 1.54) is 13.0 Å². The molecule has 1 rings (SSSR count). The van der Waals surface area contributed by atoms with Crippen molar-refractivity contribution < 1.29 is 9.90 Å². The normalized spacial score (nSPS) is 15.8. The first-order valence-electron chi connectivity index (χ1n) is 5.90. The number of hydrogen-bond donors (Lipinski definition) is 2. The molecule has 7 heteroatoms. The van der Waals surface area contributed by atoms with Gasteiger partial charge in [-0.15, -0.1) is 0 Å². The van der Waals surface area contributed by atoms with Gasteiger partial charge in [-0.25, -0.2) is 0 Å². The monoisotopic (exact) mass is 357 g/mol. The Kier molecular flexibility index (Phi) is 6.00. The number of aliphatic carboxylic acids is 1. The van der Waals surface area contributed by atoms with Crippen molar-refractivity contribution in [1.29, 1.82) is 0 Å². The molecule has 1 aromatic rings. The predicted octanol–water partition coefficient (Wildman–Crippen LogP) is 4.67. The molecule has 0 aromatic heterocycles. The minimum Gasteiger partial charge on any atom is -0.480 e. The van der Waals surface area contributed by atoms with Crippen LogP contribution in [0.1, 0.15) is 25.8 Å². The third-order valence-corrected chi connectivity index (χ3v) is 4.66. The third kappa shape index (κ3) is 4.15. The van der Waals surface area contributed by atoms with Crippen LogP contribution >= 0.6 is 46.4 Å². The van der Waals surface area contributed by atoms with E-state index in [1.54, 1.807) is 0 Å². The van der Waals surface area contributed by atoms with Crippen molar-refractivity contribution in [3.05, 3.63) is 31.7 Å². The van der Waals surface area contributed by atoms with Gasteiger partial charge in [0.25, 0.3) is 0 Å². The molecule has 0 radical (unpaired) electrons. The Labute approximate surface area is 137 Å². The van der Waals surface area contributed by atoms with Gasteiger partial charge in [-0.2, -0.15) is 0 Å². The summed E-state index contributed by atoms with van der Waals surface area (Å²) in [6.07, 6.45) is 0.754. The standard InChI is InChI=1S/C13H15Cl4NO2/c1-6(5-13(2,18)12(19)20)3-7-8(14)4-9(15)11(17)10(7)16/h4,6H,3,5,18H2,1-2H3,(H,19,20). The van der Waals surface area contributed by atoms with Crippen LogP contribution in [0.15, 0.2) is 6.07 Å². The molecule has 0 saturated carbocycles. The van der Waals surface area contributed by atoms with E-state index in [-0.39, 0.29) is 22.4 Å². The van der Waals surface area contributed by atoms with Gasteiger partial charge in [0.2, 0.25) is 0 Å². The highest BCUT2D eigenvalue weighted by molar-refractivity contribution is 6.49. The van der Waals surface area contributed by atoms with Gasteiger partial charge in [-0.1, -0.05) is 53.3 Å². The Hall–Kier alpha value is -0.190. The SMILES string of the molecule is CC(Cc1c(Cl)cc(Cl)c(Cl)c1Cl)CC(C)(N)C(=O)O. The Morgan fingerprint density at radius 1 is 1.30 bits per heavy atom. The van der Waals surface area contributed by atoms with Crippen LogP contribution in [0.4, 0.5) is 0 Å². The molecule has 0 aliphatic rings. The zero-order chi connectivity index (χ0) is 15.7. The minimum absolute atomic E-state index is 0.0339. The second kappa shape index (κ2) is 6.71. The fourth-order valence-electron chi connectivity index (χ4n) is 2.02. The maximum Gasteiger partial charge on any atom is 0.323 e. The molecule has 2 unspecified atom stereocenters. The van der Waals surface area contributed by atoms with E-state index in [2.05, 4.69) is 0 Å². The number of halogens is 4.